The number of esters is 1. The van der Waals surface area contributed by atoms with Crippen LogP contribution in [0.4, 0.5) is 0 Å². The van der Waals surface area contributed by atoms with Crippen LogP contribution in [0.1, 0.15) is 38.7 Å². The van der Waals surface area contributed by atoms with Crippen LogP contribution >= 0.6 is 0 Å². The highest BCUT2D eigenvalue weighted by Crippen LogP contribution is 2.48. The maximum Gasteiger partial charge on any atom is 0.310 e. The van der Waals surface area contributed by atoms with Gasteiger partial charge in [-0.25, -0.2) is 0 Å². The zero-order valence-corrected chi connectivity index (χ0v) is 10.2. The zero-order valence-electron chi connectivity index (χ0n) is 10.2. The topological polar surface area (TPSA) is 44.1 Å². The highest BCUT2D eigenvalue weighted by Gasteiger charge is 2.46. The van der Waals surface area contributed by atoms with Crippen LogP contribution in [-0.4, -0.2) is 21.4 Å². The Kier molecular flexibility index (Phi) is 2.52. The maximum absolute atomic E-state index is 11.8. The van der Waals surface area contributed by atoms with Crippen LogP contribution in [-0.2, 0) is 16.6 Å². The van der Waals surface area contributed by atoms with E-state index >= 15 is 0 Å². The second kappa shape index (κ2) is 3.61. The molecule has 1 saturated carbocycles. The van der Waals surface area contributed by atoms with Crippen molar-refractivity contribution in [2.45, 2.75) is 38.7 Å². The van der Waals surface area contributed by atoms with Crippen LogP contribution in [0.3, 0.4) is 0 Å². The van der Waals surface area contributed by atoms with Crippen LogP contribution in [0.15, 0.2) is 12.4 Å². The van der Waals surface area contributed by atoms with Crippen LogP contribution < -0.4 is 0 Å². The second-order valence-electron chi connectivity index (χ2n) is 5.43. The molecular formula is C12H18N2O2. The molecule has 1 aromatic heterocycles. The summed E-state index contributed by atoms with van der Waals surface area (Å²) in [6, 6.07) is 0. The van der Waals surface area contributed by atoms with Gasteiger partial charge in [-0.05, 0) is 32.8 Å². The van der Waals surface area contributed by atoms with Crippen LogP contribution in [0.5, 0.6) is 0 Å². The summed E-state index contributed by atoms with van der Waals surface area (Å²) in [6.07, 6.45) is 4.69. The minimum Gasteiger partial charge on any atom is -0.460 e. The Balaban J connectivity index is 1.94. The van der Waals surface area contributed by atoms with Gasteiger partial charge in [0.2, 0.25) is 0 Å². The van der Waals surface area contributed by atoms with Crippen molar-refractivity contribution in [2.24, 2.45) is 13.0 Å². The van der Waals surface area contributed by atoms with Crippen LogP contribution in [0.25, 0.3) is 0 Å². The van der Waals surface area contributed by atoms with Crippen molar-refractivity contribution >= 4 is 5.97 Å². The van der Waals surface area contributed by atoms with Gasteiger partial charge < -0.3 is 4.74 Å². The van der Waals surface area contributed by atoms with Crippen molar-refractivity contribution in [3.8, 4) is 0 Å². The summed E-state index contributed by atoms with van der Waals surface area (Å²) in [5.41, 5.74) is 0.748. The Morgan fingerprint density at radius 1 is 1.56 bits per heavy atom. The van der Waals surface area contributed by atoms with Gasteiger partial charge in [0.05, 0.1) is 12.1 Å². The van der Waals surface area contributed by atoms with Gasteiger partial charge in [0.25, 0.3) is 0 Å². The van der Waals surface area contributed by atoms with E-state index in [4.69, 9.17) is 4.74 Å². The lowest BCUT2D eigenvalue weighted by molar-refractivity contribution is -0.156. The minimum atomic E-state index is -0.390. The Labute approximate surface area is 95.6 Å². The fourth-order valence-electron chi connectivity index (χ4n) is 1.83. The molecule has 2 unspecified atom stereocenters. The molecule has 0 aliphatic heterocycles. The van der Waals surface area contributed by atoms with Crippen LogP contribution in [0.2, 0.25) is 0 Å². The maximum atomic E-state index is 11.8. The molecule has 1 fully saturated rings. The highest BCUT2D eigenvalue weighted by atomic mass is 16.6. The molecule has 0 spiro atoms. The van der Waals surface area contributed by atoms with Crippen molar-refractivity contribution in [2.75, 3.05) is 0 Å². The van der Waals surface area contributed by atoms with Gasteiger partial charge in [0, 0.05) is 19.2 Å². The third-order valence-electron chi connectivity index (χ3n) is 2.65. The molecular weight excluding hydrogens is 204 g/mol. The zero-order chi connectivity index (χ0) is 11.9. The fraction of sp³-hybridized carbons (Fsp3) is 0.667. The molecule has 0 radical (unpaired) electrons. The van der Waals surface area contributed by atoms with E-state index in [0.717, 1.165) is 12.0 Å². The molecule has 4 nitrogen and oxygen atoms in total. The van der Waals surface area contributed by atoms with Gasteiger partial charge >= 0.3 is 5.97 Å². The van der Waals surface area contributed by atoms with E-state index in [2.05, 4.69) is 5.10 Å². The molecule has 16 heavy (non-hydrogen) atoms. The summed E-state index contributed by atoms with van der Waals surface area (Å²) >= 11 is 0. The molecule has 1 heterocycles. The van der Waals surface area contributed by atoms with E-state index < -0.39 is 0 Å². The molecule has 0 bridgehead atoms. The molecule has 0 N–H and O–H groups in total. The van der Waals surface area contributed by atoms with Crippen LogP contribution in [0, 0.1) is 5.92 Å². The number of aromatic nitrogens is 2. The molecule has 1 aromatic rings. The van der Waals surface area contributed by atoms with E-state index in [1.165, 1.54) is 0 Å². The number of carbonyl (C=O) groups excluding carboxylic acids is 1. The van der Waals surface area contributed by atoms with Gasteiger partial charge in [-0.1, -0.05) is 0 Å². The Morgan fingerprint density at radius 2 is 2.25 bits per heavy atom. The first-order valence-corrected chi connectivity index (χ1v) is 5.58. The van der Waals surface area contributed by atoms with E-state index in [9.17, 15) is 4.79 Å². The number of carbonyl (C=O) groups is 1. The van der Waals surface area contributed by atoms with Crippen molar-refractivity contribution in [3.05, 3.63) is 18.0 Å². The van der Waals surface area contributed by atoms with Crippen molar-refractivity contribution in [3.63, 3.8) is 0 Å². The Hall–Kier alpha value is -1.32. The molecule has 1 aliphatic rings. The standard InChI is InChI=1S/C12H18N2O2/c1-12(2,3)16-11(15)10-5-9(10)8-6-13-14(4)7-8/h6-7,9-10H,5H2,1-4H3. The highest BCUT2D eigenvalue weighted by molar-refractivity contribution is 5.77. The number of hydrogen-bond acceptors (Lipinski definition) is 3. The van der Waals surface area contributed by atoms with E-state index in [0.29, 0.717) is 5.92 Å². The number of aryl methyl sites for hydroxylation is 1. The molecule has 0 amide bonds. The summed E-state index contributed by atoms with van der Waals surface area (Å²) < 4.78 is 7.12. The first kappa shape index (κ1) is 11.2. The van der Waals surface area contributed by atoms with Gasteiger partial charge in [0.1, 0.15) is 5.60 Å². The van der Waals surface area contributed by atoms with E-state index in [-0.39, 0.29) is 17.5 Å². The molecule has 1 aliphatic carbocycles. The second-order valence-corrected chi connectivity index (χ2v) is 5.43. The Morgan fingerprint density at radius 3 is 2.75 bits per heavy atom. The lowest BCUT2D eigenvalue weighted by Gasteiger charge is -2.19. The molecule has 2 rings (SSSR count). The average Bonchev–Trinajstić information content (AvgIpc) is 2.81. The first-order chi connectivity index (χ1) is 7.37. The third-order valence-corrected chi connectivity index (χ3v) is 2.65. The smallest absolute Gasteiger partial charge is 0.310 e. The number of hydrogen-bond donors (Lipinski definition) is 0. The monoisotopic (exact) mass is 222 g/mol. The number of nitrogens with zero attached hydrogens (tertiary/aromatic N) is 2. The molecule has 4 heteroatoms. The van der Waals surface area contributed by atoms with Gasteiger partial charge in [-0.2, -0.15) is 5.10 Å². The lowest BCUT2D eigenvalue weighted by atomic mass is 10.1. The summed E-state index contributed by atoms with van der Waals surface area (Å²) in [5.74, 6) is 0.258. The lowest BCUT2D eigenvalue weighted by Crippen LogP contribution is -2.25. The Bertz CT molecular complexity index is 403. The SMILES string of the molecule is Cn1cc(C2CC2C(=O)OC(C)(C)C)cn1. The normalized spacial score (nSPS) is 24.2. The quantitative estimate of drug-likeness (QED) is 0.717. The minimum absolute atomic E-state index is 0.0309. The molecule has 0 saturated heterocycles. The molecule has 2 atom stereocenters. The van der Waals surface area contributed by atoms with E-state index in [1.807, 2.05) is 40.2 Å². The summed E-state index contributed by atoms with van der Waals surface area (Å²) in [4.78, 5) is 11.8. The van der Waals surface area contributed by atoms with Crippen molar-refractivity contribution in [1.29, 1.82) is 0 Å². The summed E-state index contributed by atoms with van der Waals surface area (Å²) in [6.45, 7) is 5.69. The largest absolute Gasteiger partial charge is 0.460 e. The first-order valence-electron chi connectivity index (χ1n) is 5.58. The fourth-order valence-corrected chi connectivity index (χ4v) is 1.83. The average molecular weight is 222 g/mol. The summed E-state index contributed by atoms with van der Waals surface area (Å²) in [5, 5.41) is 4.11. The van der Waals surface area contributed by atoms with E-state index in [1.54, 1.807) is 4.68 Å². The van der Waals surface area contributed by atoms with Crippen molar-refractivity contribution < 1.29 is 9.53 Å². The number of rotatable bonds is 2. The third kappa shape index (κ3) is 2.43. The predicted octanol–water partition coefficient (Wildman–Crippen LogP) is 1.87. The molecule has 88 valence electrons. The van der Waals surface area contributed by atoms with Gasteiger partial charge in [-0.3, -0.25) is 9.48 Å². The van der Waals surface area contributed by atoms with Crippen molar-refractivity contribution in [1.82, 2.24) is 9.78 Å². The number of ether oxygens (including phenoxy) is 1. The van der Waals surface area contributed by atoms with Gasteiger partial charge in [-0.15, -0.1) is 0 Å². The summed E-state index contributed by atoms with van der Waals surface area (Å²) in [7, 11) is 1.88. The predicted molar refractivity (Wildman–Crippen MR) is 59.9 cm³/mol. The molecule has 0 aromatic carbocycles. The van der Waals surface area contributed by atoms with Gasteiger partial charge in [0.15, 0.2) is 0 Å².